The minimum Gasteiger partial charge on any atom is -0.465 e. The van der Waals surface area contributed by atoms with Gasteiger partial charge in [-0.1, -0.05) is 39.8 Å². The molecule has 1 aliphatic heterocycles. The van der Waals surface area contributed by atoms with Crippen molar-refractivity contribution in [1.29, 1.82) is 0 Å². The standard InChI is InChI=1S/C25H28N2O3/c1-24(2)10-11-25(3,4)19-13-20-17(12-18(19)24)22(26-14-21(28)27-20)15-6-8-16(9-7-15)23(29)30-5/h6-9,12-13H,10-11,14H2,1-5H3,(H,27,28). The molecule has 0 saturated carbocycles. The topological polar surface area (TPSA) is 67.8 Å². The number of carbonyl (C=O) groups is 2. The van der Waals surface area contributed by atoms with Gasteiger partial charge in [0.2, 0.25) is 5.91 Å². The molecule has 0 atom stereocenters. The fourth-order valence-corrected chi connectivity index (χ4v) is 4.47. The Kier molecular flexibility index (Phi) is 4.80. The minimum absolute atomic E-state index is 0.0516. The van der Waals surface area contributed by atoms with Gasteiger partial charge in [0.1, 0.15) is 6.54 Å². The number of hydrogen-bond donors (Lipinski definition) is 1. The lowest BCUT2D eigenvalue weighted by molar-refractivity contribution is -0.114. The normalized spacial score (nSPS) is 19.0. The molecule has 0 saturated heterocycles. The van der Waals surface area contributed by atoms with Crippen molar-refractivity contribution in [2.24, 2.45) is 4.99 Å². The third kappa shape index (κ3) is 3.42. The number of nitrogens with zero attached hydrogens (tertiary/aromatic N) is 1. The fourth-order valence-electron chi connectivity index (χ4n) is 4.47. The highest BCUT2D eigenvalue weighted by molar-refractivity contribution is 6.19. The number of aliphatic imine (C=N–C) groups is 1. The van der Waals surface area contributed by atoms with Gasteiger partial charge < -0.3 is 10.1 Å². The van der Waals surface area contributed by atoms with Crippen LogP contribution in [0.2, 0.25) is 0 Å². The van der Waals surface area contributed by atoms with Gasteiger partial charge in [0, 0.05) is 11.1 Å². The van der Waals surface area contributed by atoms with Crippen LogP contribution in [0.15, 0.2) is 41.4 Å². The molecule has 5 heteroatoms. The van der Waals surface area contributed by atoms with Crippen LogP contribution in [0.3, 0.4) is 0 Å². The Balaban J connectivity index is 1.88. The molecule has 0 aromatic heterocycles. The molecular formula is C25H28N2O3. The first kappa shape index (κ1) is 20.3. The van der Waals surface area contributed by atoms with E-state index in [2.05, 4.69) is 50.1 Å². The predicted octanol–water partition coefficient (Wildman–Crippen LogP) is 4.61. The molecule has 0 spiro atoms. The second-order valence-electron chi connectivity index (χ2n) is 9.49. The monoisotopic (exact) mass is 404 g/mol. The number of fused-ring (bicyclic) bond motifs is 2. The van der Waals surface area contributed by atoms with Crippen LogP contribution in [0.1, 0.15) is 73.1 Å². The van der Waals surface area contributed by atoms with E-state index in [0.29, 0.717) is 5.56 Å². The summed E-state index contributed by atoms with van der Waals surface area (Å²) in [5.74, 6) is -0.495. The number of benzene rings is 2. The summed E-state index contributed by atoms with van der Waals surface area (Å²) in [6, 6.07) is 11.5. The molecule has 5 nitrogen and oxygen atoms in total. The summed E-state index contributed by atoms with van der Waals surface area (Å²) in [6.07, 6.45) is 2.22. The Hall–Kier alpha value is -2.95. The van der Waals surface area contributed by atoms with Gasteiger partial charge in [-0.2, -0.15) is 0 Å². The molecule has 1 aliphatic carbocycles. The van der Waals surface area contributed by atoms with Crippen LogP contribution < -0.4 is 5.32 Å². The summed E-state index contributed by atoms with van der Waals surface area (Å²) in [7, 11) is 1.37. The Morgan fingerprint density at radius 1 is 1.00 bits per heavy atom. The second-order valence-corrected chi connectivity index (χ2v) is 9.49. The fraction of sp³-hybridized carbons (Fsp3) is 0.400. The van der Waals surface area contributed by atoms with Crippen LogP contribution in [0.25, 0.3) is 0 Å². The predicted molar refractivity (Wildman–Crippen MR) is 119 cm³/mol. The van der Waals surface area contributed by atoms with Crippen LogP contribution >= 0.6 is 0 Å². The van der Waals surface area contributed by atoms with E-state index >= 15 is 0 Å². The van der Waals surface area contributed by atoms with E-state index in [4.69, 9.17) is 4.74 Å². The van der Waals surface area contributed by atoms with Gasteiger partial charge in [0.25, 0.3) is 0 Å². The van der Waals surface area contributed by atoms with Gasteiger partial charge in [-0.25, -0.2) is 4.79 Å². The average Bonchev–Trinajstić information content (AvgIpc) is 2.88. The molecule has 1 N–H and O–H groups in total. The third-order valence-corrected chi connectivity index (χ3v) is 6.48. The SMILES string of the molecule is COC(=O)c1ccc(C2=NCC(=O)Nc3cc4c(cc32)C(C)(C)CCC4(C)C)cc1. The van der Waals surface area contributed by atoms with E-state index in [0.717, 1.165) is 35.4 Å². The Morgan fingerprint density at radius 3 is 2.20 bits per heavy atom. The molecule has 156 valence electrons. The Bertz CT molecular complexity index is 1060. The van der Waals surface area contributed by atoms with E-state index in [1.54, 1.807) is 12.1 Å². The highest BCUT2D eigenvalue weighted by atomic mass is 16.5. The molecule has 2 aromatic rings. The van der Waals surface area contributed by atoms with Crippen LogP contribution in [0, 0.1) is 0 Å². The van der Waals surface area contributed by atoms with E-state index in [9.17, 15) is 9.59 Å². The van der Waals surface area contributed by atoms with E-state index in [-0.39, 0.29) is 29.3 Å². The highest BCUT2D eigenvalue weighted by Crippen LogP contribution is 2.47. The van der Waals surface area contributed by atoms with Crippen molar-refractivity contribution in [3.63, 3.8) is 0 Å². The zero-order valence-corrected chi connectivity index (χ0v) is 18.3. The van der Waals surface area contributed by atoms with Crippen molar-refractivity contribution in [3.8, 4) is 0 Å². The quantitative estimate of drug-likeness (QED) is 0.743. The van der Waals surface area contributed by atoms with E-state index in [1.165, 1.54) is 18.2 Å². The molecule has 2 aromatic carbocycles. The Labute approximate surface area is 177 Å². The first-order valence-corrected chi connectivity index (χ1v) is 10.3. The molecule has 4 rings (SSSR count). The van der Waals surface area contributed by atoms with Crippen molar-refractivity contribution < 1.29 is 14.3 Å². The van der Waals surface area contributed by atoms with Crippen molar-refractivity contribution in [3.05, 3.63) is 64.2 Å². The molecule has 0 radical (unpaired) electrons. The third-order valence-electron chi connectivity index (χ3n) is 6.48. The smallest absolute Gasteiger partial charge is 0.337 e. The summed E-state index contributed by atoms with van der Waals surface area (Å²) in [5.41, 5.74) is 6.56. The van der Waals surface area contributed by atoms with Crippen molar-refractivity contribution in [1.82, 2.24) is 0 Å². The first-order valence-electron chi connectivity index (χ1n) is 10.3. The maximum Gasteiger partial charge on any atom is 0.337 e. The summed E-state index contributed by atoms with van der Waals surface area (Å²) < 4.78 is 4.79. The summed E-state index contributed by atoms with van der Waals surface area (Å²) in [4.78, 5) is 28.8. The van der Waals surface area contributed by atoms with Crippen molar-refractivity contribution in [2.45, 2.75) is 51.4 Å². The van der Waals surface area contributed by atoms with Gasteiger partial charge in [-0.05, 0) is 59.1 Å². The summed E-state index contributed by atoms with van der Waals surface area (Å²) in [5, 5.41) is 3.05. The maximum absolute atomic E-state index is 12.4. The molecular weight excluding hydrogens is 376 g/mol. The van der Waals surface area contributed by atoms with Gasteiger partial charge in [-0.3, -0.25) is 9.79 Å². The lowest BCUT2D eigenvalue weighted by Crippen LogP contribution is -2.34. The number of anilines is 1. The number of carbonyl (C=O) groups excluding carboxylic acids is 2. The maximum atomic E-state index is 12.4. The van der Waals surface area contributed by atoms with Gasteiger partial charge in [-0.15, -0.1) is 0 Å². The molecule has 0 bridgehead atoms. The average molecular weight is 405 g/mol. The van der Waals surface area contributed by atoms with E-state index in [1.807, 2.05) is 12.1 Å². The number of nitrogens with one attached hydrogen (secondary N) is 1. The summed E-state index contributed by atoms with van der Waals surface area (Å²) >= 11 is 0. The molecule has 0 unspecified atom stereocenters. The highest BCUT2D eigenvalue weighted by Gasteiger charge is 2.38. The number of hydrogen-bond acceptors (Lipinski definition) is 4. The lowest BCUT2D eigenvalue weighted by atomic mass is 9.62. The molecule has 1 heterocycles. The molecule has 0 fully saturated rings. The Morgan fingerprint density at radius 2 is 1.60 bits per heavy atom. The lowest BCUT2D eigenvalue weighted by Gasteiger charge is -2.42. The minimum atomic E-state index is -0.375. The summed E-state index contributed by atoms with van der Waals surface area (Å²) in [6.45, 7) is 9.18. The zero-order valence-electron chi connectivity index (χ0n) is 18.3. The van der Waals surface area contributed by atoms with Gasteiger partial charge >= 0.3 is 5.97 Å². The van der Waals surface area contributed by atoms with Crippen molar-refractivity contribution in [2.75, 3.05) is 19.0 Å². The number of methoxy groups -OCH3 is 1. The van der Waals surface area contributed by atoms with Crippen LogP contribution in [-0.2, 0) is 20.4 Å². The molecule has 30 heavy (non-hydrogen) atoms. The van der Waals surface area contributed by atoms with Crippen LogP contribution in [-0.4, -0.2) is 31.2 Å². The van der Waals surface area contributed by atoms with Gasteiger partial charge in [0.05, 0.1) is 24.1 Å². The number of rotatable bonds is 2. The number of amides is 1. The largest absolute Gasteiger partial charge is 0.465 e. The first-order chi connectivity index (χ1) is 14.1. The number of ether oxygens (including phenoxy) is 1. The molecule has 2 aliphatic rings. The second kappa shape index (κ2) is 7.08. The molecule has 1 amide bonds. The van der Waals surface area contributed by atoms with Gasteiger partial charge in [0.15, 0.2) is 0 Å². The number of esters is 1. The zero-order chi connectivity index (χ0) is 21.7. The van der Waals surface area contributed by atoms with Crippen LogP contribution in [0.5, 0.6) is 0 Å². The van der Waals surface area contributed by atoms with E-state index < -0.39 is 0 Å². The van der Waals surface area contributed by atoms with Crippen molar-refractivity contribution >= 4 is 23.3 Å². The van der Waals surface area contributed by atoms with Crippen LogP contribution in [0.4, 0.5) is 5.69 Å².